The molecule has 0 N–H and O–H groups in total. The Morgan fingerprint density at radius 1 is 1.13 bits per heavy atom. The topological polar surface area (TPSA) is 44.1 Å². The molecule has 0 saturated heterocycles. The van der Waals surface area contributed by atoms with Gasteiger partial charge in [0.25, 0.3) is 0 Å². The van der Waals surface area contributed by atoms with Crippen molar-refractivity contribution in [1.29, 1.82) is 0 Å². The maximum atomic E-state index is 12.2. The van der Waals surface area contributed by atoms with E-state index in [0.717, 1.165) is 28.0 Å². The zero-order valence-electron chi connectivity index (χ0n) is 13.6. The first-order valence-corrected chi connectivity index (χ1v) is 7.77. The summed E-state index contributed by atoms with van der Waals surface area (Å²) in [6.07, 6.45) is -0.126. The molecule has 1 heterocycles. The molecule has 118 valence electrons. The van der Waals surface area contributed by atoms with Crippen molar-refractivity contribution in [2.75, 3.05) is 0 Å². The van der Waals surface area contributed by atoms with Crippen molar-refractivity contribution < 1.29 is 9.53 Å². The zero-order chi connectivity index (χ0) is 16.4. The summed E-state index contributed by atoms with van der Waals surface area (Å²) in [7, 11) is 0. The van der Waals surface area contributed by atoms with Gasteiger partial charge in [-0.2, -0.15) is 0 Å². The zero-order valence-corrected chi connectivity index (χ0v) is 13.6. The predicted octanol–water partition coefficient (Wildman–Crippen LogP) is 3.96. The molecule has 0 fully saturated rings. The molecular weight excluding hydrogens is 288 g/mol. The minimum absolute atomic E-state index is 0.126. The lowest BCUT2D eigenvalue weighted by Crippen LogP contribution is -2.18. The van der Waals surface area contributed by atoms with E-state index in [-0.39, 0.29) is 18.6 Å². The third-order valence-corrected chi connectivity index (χ3v) is 3.69. The van der Waals surface area contributed by atoms with Gasteiger partial charge in [-0.3, -0.25) is 4.79 Å². The van der Waals surface area contributed by atoms with Crippen molar-refractivity contribution >= 4 is 17.0 Å². The molecule has 3 aromatic rings. The monoisotopic (exact) mass is 308 g/mol. The van der Waals surface area contributed by atoms with Crippen molar-refractivity contribution in [2.24, 2.45) is 0 Å². The molecular formula is C19H20N2O2. The van der Waals surface area contributed by atoms with E-state index >= 15 is 0 Å². The summed E-state index contributed by atoms with van der Waals surface area (Å²) in [5.41, 5.74) is 3.97. The molecule has 0 spiro atoms. The van der Waals surface area contributed by atoms with Gasteiger partial charge in [-0.05, 0) is 38.5 Å². The number of para-hydroxylation sites is 2. The van der Waals surface area contributed by atoms with E-state index < -0.39 is 0 Å². The van der Waals surface area contributed by atoms with E-state index in [0.29, 0.717) is 0 Å². The van der Waals surface area contributed by atoms with Crippen LogP contribution < -0.4 is 0 Å². The van der Waals surface area contributed by atoms with Gasteiger partial charge in [-0.25, -0.2) is 4.98 Å². The van der Waals surface area contributed by atoms with Crippen molar-refractivity contribution in [1.82, 2.24) is 9.55 Å². The van der Waals surface area contributed by atoms with Crippen LogP contribution >= 0.6 is 0 Å². The molecule has 0 bridgehead atoms. The maximum Gasteiger partial charge on any atom is 0.326 e. The lowest BCUT2D eigenvalue weighted by molar-refractivity contribution is -0.147. The first kappa shape index (κ1) is 15.3. The Morgan fingerprint density at radius 2 is 1.83 bits per heavy atom. The number of benzene rings is 2. The highest BCUT2D eigenvalue weighted by Gasteiger charge is 2.17. The summed E-state index contributed by atoms with van der Waals surface area (Å²) in [6, 6.07) is 15.9. The van der Waals surface area contributed by atoms with Gasteiger partial charge in [0.2, 0.25) is 0 Å². The Bertz CT molecular complexity index is 849. The lowest BCUT2D eigenvalue weighted by atomic mass is 10.1. The highest BCUT2D eigenvalue weighted by Crippen LogP contribution is 2.27. The van der Waals surface area contributed by atoms with Gasteiger partial charge in [-0.15, -0.1) is 0 Å². The fourth-order valence-electron chi connectivity index (χ4n) is 2.69. The number of ether oxygens (including phenoxy) is 1. The standard InChI is InChI=1S/C19H20N2O2/c1-13(2)23-18(22)12-21-17-11-7-6-10-16(17)20-19(21)15-9-5-4-8-14(15)3/h4-11,13H,12H2,1-3H3. The van der Waals surface area contributed by atoms with Crippen LogP contribution in [0.15, 0.2) is 48.5 Å². The van der Waals surface area contributed by atoms with Crippen LogP contribution in [0.25, 0.3) is 22.4 Å². The van der Waals surface area contributed by atoms with Crippen LogP contribution in [0, 0.1) is 6.92 Å². The number of carbonyl (C=O) groups is 1. The third-order valence-electron chi connectivity index (χ3n) is 3.69. The maximum absolute atomic E-state index is 12.2. The van der Waals surface area contributed by atoms with Crippen LogP contribution in [0.5, 0.6) is 0 Å². The molecule has 0 saturated carbocycles. The van der Waals surface area contributed by atoms with Gasteiger partial charge in [0.1, 0.15) is 12.4 Å². The number of imidazole rings is 1. The molecule has 4 heteroatoms. The predicted molar refractivity (Wildman–Crippen MR) is 91.1 cm³/mol. The van der Waals surface area contributed by atoms with Gasteiger partial charge >= 0.3 is 5.97 Å². The number of hydrogen-bond donors (Lipinski definition) is 0. The Morgan fingerprint density at radius 3 is 2.57 bits per heavy atom. The largest absolute Gasteiger partial charge is 0.462 e. The van der Waals surface area contributed by atoms with Crippen molar-refractivity contribution in [2.45, 2.75) is 33.4 Å². The molecule has 0 aliphatic heterocycles. The van der Waals surface area contributed by atoms with Gasteiger partial charge in [0.05, 0.1) is 17.1 Å². The molecule has 1 aromatic heterocycles. The summed E-state index contributed by atoms with van der Waals surface area (Å²) in [5, 5.41) is 0. The first-order valence-electron chi connectivity index (χ1n) is 7.77. The smallest absolute Gasteiger partial charge is 0.326 e. The van der Waals surface area contributed by atoms with Gasteiger partial charge in [0, 0.05) is 5.56 Å². The number of carbonyl (C=O) groups excluding carboxylic acids is 1. The fraction of sp³-hybridized carbons (Fsp3) is 0.263. The van der Waals surface area contributed by atoms with Crippen molar-refractivity contribution in [3.63, 3.8) is 0 Å². The van der Waals surface area contributed by atoms with E-state index in [2.05, 4.69) is 0 Å². The Labute approximate surface area is 135 Å². The van der Waals surface area contributed by atoms with E-state index in [1.165, 1.54) is 0 Å². The van der Waals surface area contributed by atoms with Crippen LogP contribution in [0.1, 0.15) is 19.4 Å². The summed E-state index contributed by atoms with van der Waals surface area (Å²) >= 11 is 0. The van der Waals surface area contributed by atoms with E-state index in [1.807, 2.05) is 73.9 Å². The second kappa shape index (κ2) is 6.24. The molecule has 0 radical (unpaired) electrons. The molecule has 0 unspecified atom stereocenters. The summed E-state index contributed by atoms with van der Waals surface area (Å²) in [5.74, 6) is 0.544. The Kier molecular flexibility index (Phi) is 4.15. The number of hydrogen-bond acceptors (Lipinski definition) is 3. The Balaban J connectivity index is 2.12. The number of esters is 1. The Hall–Kier alpha value is -2.62. The highest BCUT2D eigenvalue weighted by molar-refractivity contribution is 5.83. The quantitative estimate of drug-likeness (QED) is 0.685. The van der Waals surface area contributed by atoms with Crippen LogP contribution in [-0.4, -0.2) is 21.6 Å². The van der Waals surface area contributed by atoms with Crippen LogP contribution in [0.2, 0.25) is 0 Å². The highest BCUT2D eigenvalue weighted by atomic mass is 16.5. The lowest BCUT2D eigenvalue weighted by Gasteiger charge is -2.12. The van der Waals surface area contributed by atoms with Crippen molar-refractivity contribution in [3.8, 4) is 11.4 Å². The van der Waals surface area contributed by atoms with Gasteiger partial charge in [0.15, 0.2) is 0 Å². The second-order valence-corrected chi connectivity index (χ2v) is 5.86. The van der Waals surface area contributed by atoms with Gasteiger partial charge < -0.3 is 9.30 Å². The summed E-state index contributed by atoms with van der Waals surface area (Å²) < 4.78 is 7.24. The molecule has 4 nitrogen and oxygen atoms in total. The molecule has 2 aromatic carbocycles. The molecule has 0 atom stereocenters. The number of aromatic nitrogens is 2. The van der Waals surface area contributed by atoms with Crippen LogP contribution in [0.4, 0.5) is 0 Å². The fourth-order valence-corrected chi connectivity index (χ4v) is 2.69. The van der Waals surface area contributed by atoms with Crippen LogP contribution in [-0.2, 0) is 16.1 Å². The molecule has 0 aliphatic rings. The SMILES string of the molecule is Cc1ccccc1-c1nc2ccccc2n1CC(=O)OC(C)C. The van der Waals surface area contributed by atoms with Gasteiger partial charge in [-0.1, -0.05) is 36.4 Å². The minimum atomic E-state index is -0.252. The van der Waals surface area contributed by atoms with E-state index in [9.17, 15) is 4.79 Å². The third kappa shape index (κ3) is 3.11. The first-order chi connectivity index (χ1) is 11.1. The van der Waals surface area contributed by atoms with Crippen molar-refractivity contribution in [3.05, 3.63) is 54.1 Å². The molecule has 3 rings (SSSR count). The number of nitrogens with zero attached hydrogens (tertiary/aromatic N) is 2. The second-order valence-electron chi connectivity index (χ2n) is 5.86. The van der Waals surface area contributed by atoms with Crippen LogP contribution in [0.3, 0.4) is 0 Å². The van der Waals surface area contributed by atoms with E-state index in [1.54, 1.807) is 0 Å². The molecule has 0 amide bonds. The summed E-state index contributed by atoms with van der Waals surface area (Å²) in [6.45, 7) is 5.91. The number of rotatable bonds is 4. The summed E-state index contributed by atoms with van der Waals surface area (Å²) in [4.78, 5) is 16.9. The number of aryl methyl sites for hydroxylation is 1. The minimum Gasteiger partial charge on any atom is -0.462 e. The van der Waals surface area contributed by atoms with E-state index in [4.69, 9.17) is 9.72 Å². The average Bonchev–Trinajstić information content (AvgIpc) is 2.85. The molecule has 0 aliphatic carbocycles. The molecule has 23 heavy (non-hydrogen) atoms. The normalized spacial score (nSPS) is 11.1. The average molecular weight is 308 g/mol. The number of fused-ring (bicyclic) bond motifs is 1.